The zero-order valence-corrected chi connectivity index (χ0v) is 18.7. The first-order chi connectivity index (χ1) is 16.3. The minimum atomic E-state index is -2.95. The van der Waals surface area contributed by atoms with Crippen molar-refractivity contribution in [2.45, 2.75) is 45.1 Å². The number of rotatable bonds is 8. The predicted molar refractivity (Wildman–Crippen MR) is 123 cm³/mol. The summed E-state index contributed by atoms with van der Waals surface area (Å²) in [6.07, 6.45) is 7.72. The van der Waals surface area contributed by atoms with Crippen molar-refractivity contribution >= 4 is 23.3 Å². The number of anilines is 2. The maximum Gasteiger partial charge on any atom is 0.260 e. The largest absolute Gasteiger partial charge is 0.411 e. The van der Waals surface area contributed by atoms with Crippen LogP contribution in [0.1, 0.15) is 33.1 Å². The number of alkyl halides is 2. The summed E-state index contributed by atoms with van der Waals surface area (Å²) in [5.74, 6) is -4.39. The van der Waals surface area contributed by atoms with E-state index in [4.69, 9.17) is 0 Å². The standard InChI is InChI=1S/C23H25F2N7O2/c1-3-5-16(32-34)18-8-13(2)19(11-27-18)30-21-14(6-4-7-26-21)17-9-20(29-12-28-17)31-22(33)15-10-23(15,24)25/h4,6-9,11-12,15,18,27,34H,3,5,10H2,1-2H3,(H,26,30)(H,28,29,31,33)/b32-16+. The molecule has 1 fully saturated rings. The van der Waals surface area contributed by atoms with Crippen molar-refractivity contribution in [3.63, 3.8) is 0 Å². The zero-order chi connectivity index (χ0) is 24.3. The molecule has 3 heterocycles. The van der Waals surface area contributed by atoms with Crippen molar-refractivity contribution in [3.05, 3.63) is 54.3 Å². The maximum atomic E-state index is 13.2. The molecule has 4 rings (SSSR count). The SMILES string of the molecule is CCC/C(=N\O)C1C=C(C)C(Nc2ncccc2-c2cc(NC(=O)C3CC3(F)F)ncn2)=CN1. The molecule has 1 saturated carbocycles. The fraction of sp³-hybridized carbons (Fsp3) is 0.348. The van der Waals surface area contributed by atoms with Crippen molar-refractivity contribution in [1.82, 2.24) is 20.3 Å². The van der Waals surface area contributed by atoms with Gasteiger partial charge >= 0.3 is 0 Å². The highest BCUT2D eigenvalue weighted by Gasteiger charge is 2.61. The summed E-state index contributed by atoms with van der Waals surface area (Å²) < 4.78 is 26.4. The summed E-state index contributed by atoms with van der Waals surface area (Å²) in [6, 6.07) is 4.86. The van der Waals surface area contributed by atoms with Crippen LogP contribution in [0.15, 0.2) is 59.4 Å². The normalized spacial score (nSPS) is 21.1. The van der Waals surface area contributed by atoms with E-state index in [1.54, 1.807) is 24.5 Å². The van der Waals surface area contributed by atoms with Crippen LogP contribution < -0.4 is 16.0 Å². The Labute approximate surface area is 195 Å². The van der Waals surface area contributed by atoms with E-state index >= 15 is 0 Å². The summed E-state index contributed by atoms with van der Waals surface area (Å²) in [6.45, 7) is 3.95. The van der Waals surface area contributed by atoms with Gasteiger partial charge in [-0.25, -0.2) is 23.7 Å². The highest BCUT2D eigenvalue weighted by Crippen LogP contribution is 2.49. The fourth-order valence-corrected chi connectivity index (χ4v) is 3.65. The van der Waals surface area contributed by atoms with Crippen LogP contribution in [0.5, 0.6) is 0 Å². The van der Waals surface area contributed by atoms with Gasteiger partial charge in [0.15, 0.2) is 0 Å². The Bertz CT molecular complexity index is 1180. The summed E-state index contributed by atoms with van der Waals surface area (Å²) in [4.78, 5) is 24.7. The molecule has 2 atom stereocenters. The predicted octanol–water partition coefficient (Wildman–Crippen LogP) is 3.93. The quantitative estimate of drug-likeness (QED) is 0.262. The number of hydrogen-bond donors (Lipinski definition) is 4. The third-order valence-corrected chi connectivity index (χ3v) is 5.64. The average molecular weight is 469 g/mol. The number of oxime groups is 1. The first kappa shape index (κ1) is 23.3. The number of nitrogens with one attached hydrogen (secondary N) is 3. The Morgan fingerprint density at radius 3 is 2.82 bits per heavy atom. The highest BCUT2D eigenvalue weighted by atomic mass is 19.3. The Kier molecular flexibility index (Phi) is 6.53. The smallest absolute Gasteiger partial charge is 0.260 e. The molecular weight excluding hydrogens is 444 g/mol. The molecule has 34 heavy (non-hydrogen) atoms. The van der Waals surface area contributed by atoms with Gasteiger partial charge in [0.1, 0.15) is 23.9 Å². The van der Waals surface area contributed by atoms with Gasteiger partial charge in [0.05, 0.1) is 23.1 Å². The number of pyridine rings is 1. The van der Waals surface area contributed by atoms with Crippen molar-refractivity contribution < 1.29 is 18.8 Å². The van der Waals surface area contributed by atoms with Gasteiger partial charge in [0.2, 0.25) is 5.91 Å². The third kappa shape index (κ3) is 5.03. The number of dihydropyridines is 1. The molecule has 2 aliphatic rings. The molecular formula is C23H25F2N7O2. The Morgan fingerprint density at radius 2 is 2.15 bits per heavy atom. The third-order valence-electron chi connectivity index (χ3n) is 5.64. The van der Waals surface area contributed by atoms with Crippen molar-refractivity contribution in [1.29, 1.82) is 0 Å². The van der Waals surface area contributed by atoms with Crippen LogP contribution in [0, 0.1) is 5.92 Å². The van der Waals surface area contributed by atoms with E-state index in [1.165, 1.54) is 12.4 Å². The number of allylic oxidation sites excluding steroid dienone is 1. The zero-order valence-electron chi connectivity index (χ0n) is 18.7. The number of nitrogens with zero attached hydrogens (tertiary/aromatic N) is 4. The van der Waals surface area contributed by atoms with E-state index < -0.39 is 24.2 Å². The van der Waals surface area contributed by atoms with Crippen LogP contribution in [0.25, 0.3) is 11.3 Å². The topological polar surface area (TPSA) is 124 Å². The van der Waals surface area contributed by atoms with Crippen LogP contribution >= 0.6 is 0 Å². The molecule has 0 saturated heterocycles. The molecule has 4 N–H and O–H groups in total. The Morgan fingerprint density at radius 1 is 1.35 bits per heavy atom. The molecule has 2 aromatic rings. The molecule has 1 aliphatic carbocycles. The van der Waals surface area contributed by atoms with Gasteiger partial charge in [-0.1, -0.05) is 24.6 Å². The first-order valence-corrected chi connectivity index (χ1v) is 10.9. The van der Waals surface area contributed by atoms with Gasteiger partial charge in [-0.15, -0.1) is 0 Å². The molecule has 178 valence electrons. The number of carbonyl (C=O) groups is 1. The summed E-state index contributed by atoms with van der Waals surface area (Å²) >= 11 is 0. The van der Waals surface area contributed by atoms with E-state index in [2.05, 4.69) is 36.1 Å². The molecule has 0 spiro atoms. The van der Waals surface area contributed by atoms with Crippen molar-refractivity contribution in [2.24, 2.45) is 11.1 Å². The molecule has 1 aliphatic heterocycles. The maximum absolute atomic E-state index is 13.2. The number of halogens is 2. The minimum absolute atomic E-state index is 0.136. The lowest BCUT2D eigenvalue weighted by Gasteiger charge is -2.23. The van der Waals surface area contributed by atoms with Crippen LogP contribution in [0.2, 0.25) is 0 Å². The van der Waals surface area contributed by atoms with E-state index in [1.807, 2.05) is 19.9 Å². The summed E-state index contributed by atoms with van der Waals surface area (Å²) in [5.41, 5.74) is 3.44. The second-order valence-corrected chi connectivity index (χ2v) is 8.21. The van der Waals surface area contributed by atoms with Gasteiger partial charge in [-0.3, -0.25) is 4.79 Å². The Balaban J connectivity index is 1.52. The lowest BCUT2D eigenvalue weighted by molar-refractivity contribution is -0.119. The lowest BCUT2D eigenvalue weighted by atomic mass is 10.0. The van der Waals surface area contributed by atoms with E-state index in [9.17, 15) is 18.8 Å². The van der Waals surface area contributed by atoms with Crippen LogP contribution in [-0.4, -0.2) is 43.7 Å². The van der Waals surface area contributed by atoms with Gasteiger partial charge in [0, 0.05) is 30.4 Å². The molecule has 2 unspecified atom stereocenters. The monoisotopic (exact) mass is 469 g/mol. The average Bonchev–Trinajstić information content (AvgIpc) is 3.47. The second kappa shape index (κ2) is 9.54. The number of hydrogen-bond acceptors (Lipinski definition) is 8. The molecule has 0 radical (unpaired) electrons. The van der Waals surface area contributed by atoms with Gasteiger partial charge in [0.25, 0.3) is 5.92 Å². The van der Waals surface area contributed by atoms with E-state index in [0.29, 0.717) is 29.2 Å². The number of amides is 1. The van der Waals surface area contributed by atoms with E-state index in [-0.39, 0.29) is 11.9 Å². The molecule has 2 aromatic heterocycles. The summed E-state index contributed by atoms with van der Waals surface area (Å²) in [7, 11) is 0. The fourth-order valence-electron chi connectivity index (χ4n) is 3.65. The van der Waals surface area contributed by atoms with E-state index in [0.717, 1.165) is 17.7 Å². The number of carbonyl (C=O) groups excluding carboxylic acids is 1. The van der Waals surface area contributed by atoms with Gasteiger partial charge < -0.3 is 21.2 Å². The molecule has 0 aromatic carbocycles. The van der Waals surface area contributed by atoms with Crippen LogP contribution in [-0.2, 0) is 4.79 Å². The molecule has 11 heteroatoms. The highest BCUT2D eigenvalue weighted by molar-refractivity contribution is 5.95. The van der Waals surface area contributed by atoms with Crippen LogP contribution in [0.3, 0.4) is 0 Å². The van der Waals surface area contributed by atoms with Gasteiger partial charge in [-0.05, 0) is 31.1 Å². The Hall–Kier alpha value is -3.89. The second-order valence-electron chi connectivity index (χ2n) is 8.21. The number of aromatic nitrogens is 3. The van der Waals surface area contributed by atoms with Crippen LogP contribution in [0.4, 0.5) is 20.4 Å². The van der Waals surface area contributed by atoms with Gasteiger partial charge in [-0.2, -0.15) is 0 Å². The minimum Gasteiger partial charge on any atom is -0.411 e. The van der Waals surface area contributed by atoms with Crippen molar-refractivity contribution in [2.75, 3.05) is 10.6 Å². The molecule has 0 bridgehead atoms. The molecule has 9 nitrogen and oxygen atoms in total. The first-order valence-electron chi connectivity index (χ1n) is 10.9. The lowest BCUT2D eigenvalue weighted by Crippen LogP contribution is -2.35. The summed E-state index contributed by atoms with van der Waals surface area (Å²) in [5, 5.41) is 21.6. The van der Waals surface area contributed by atoms with Crippen molar-refractivity contribution in [3.8, 4) is 11.3 Å². The molecule has 1 amide bonds.